The normalized spacial score (nSPS) is 14.2. The van der Waals surface area contributed by atoms with Crippen molar-refractivity contribution in [2.24, 2.45) is 0 Å². The first-order valence-electron chi connectivity index (χ1n) is 24.5. The molecule has 0 radical (unpaired) electrons. The van der Waals surface area contributed by atoms with E-state index in [0.29, 0.717) is 19.3 Å². The van der Waals surface area contributed by atoms with Crippen LogP contribution in [0.3, 0.4) is 0 Å². The Kier molecular flexibility index (Phi) is 44.3. The Hall–Kier alpha value is -3.22. The molecule has 3 atom stereocenters. The first-order chi connectivity index (χ1) is 29.5. The quantitative estimate of drug-likeness (QED) is 0.0246. The van der Waals surface area contributed by atoms with Crippen molar-refractivity contribution in [1.82, 2.24) is 5.32 Å². The SMILES string of the molecule is CC/C=C/C=C/C=C\C=C/C=C/CCCC(=O)OC(CCCC/C=C\C/C=C\C/C=C\CCCCC)CC(=O)NC(CO)C(O)CCCCCCCCCCCCCCC. The third kappa shape index (κ3) is 41.5. The molecule has 0 aromatic carbocycles. The van der Waals surface area contributed by atoms with Crippen LogP contribution in [-0.2, 0) is 14.3 Å². The predicted molar refractivity (Wildman–Crippen MR) is 259 cm³/mol. The van der Waals surface area contributed by atoms with Crippen LogP contribution in [0.25, 0.3) is 0 Å². The molecule has 0 heterocycles. The largest absolute Gasteiger partial charge is 0.462 e. The van der Waals surface area contributed by atoms with Gasteiger partial charge >= 0.3 is 5.97 Å². The molecule has 1 amide bonds. The van der Waals surface area contributed by atoms with Gasteiger partial charge in [0.15, 0.2) is 0 Å². The summed E-state index contributed by atoms with van der Waals surface area (Å²) in [7, 11) is 0. The molecule has 3 unspecified atom stereocenters. The van der Waals surface area contributed by atoms with Crippen LogP contribution >= 0.6 is 0 Å². The molecule has 0 aromatic heterocycles. The van der Waals surface area contributed by atoms with Gasteiger partial charge in [-0.05, 0) is 77.0 Å². The number of hydrogen-bond donors (Lipinski definition) is 3. The summed E-state index contributed by atoms with van der Waals surface area (Å²) in [5.41, 5.74) is 0. The highest BCUT2D eigenvalue weighted by atomic mass is 16.5. The van der Waals surface area contributed by atoms with Crippen molar-refractivity contribution < 1.29 is 24.5 Å². The first-order valence-corrected chi connectivity index (χ1v) is 24.5. The molecular weight excluding hydrogens is 743 g/mol. The van der Waals surface area contributed by atoms with Gasteiger partial charge in [0.25, 0.3) is 0 Å². The smallest absolute Gasteiger partial charge is 0.306 e. The molecule has 342 valence electrons. The summed E-state index contributed by atoms with van der Waals surface area (Å²) >= 11 is 0. The lowest BCUT2D eigenvalue weighted by atomic mass is 10.0. The zero-order valence-electron chi connectivity index (χ0n) is 38.8. The standard InChI is InChI=1S/C54H91NO5/c1-4-7-10-13-16-19-22-25-26-29-30-33-36-39-42-45-50(60-54(59)47-44-41-38-35-32-28-24-21-18-15-12-9-6-3)48-53(58)55-51(49-56)52(57)46-43-40-37-34-31-27-23-20-17-14-11-8-5-2/h9,12,15-16,18-19,21,24-26,28,30,32-33,35,38,50-52,56-57H,4-8,10-11,13-14,17,20,22-23,27,29,31,34,36-37,39-49H2,1-3H3,(H,55,58)/b12-9+,18-15+,19-16-,24-21-,26-25-,32-28-,33-30-,38-35+. The highest BCUT2D eigenvalue weighted by molar-refractivity contribution is 5.77. The molecular formula is C54H91NO5. The van der Waals surface area contributed by atoms with Gasteiger partial charge in [0, 0.05) is 6.42 Å². The minimum Gasteiger partial charge on any atom is -0.462 e. The molecule has 0 saturated carbocycles. The van der Waals surface area contributed by atoms with Gasteiger partial charge in [-0.1, -0.05) is 214 Å². The molecule has 6 nitrogen and oxygen atoms in total. The van der Waals surface area contributed by atoms with Crippen molar-refractivity contribution in [2.75, 3.05) is 6.61 Å². The fourth-order valence-corrected chi connectivity index (χ4v) is 6.82. The van der Waals surface area contributed by atoms with E-state index in [1.807, 2.05) is 54.7 Å². The minimum atomic E-state index is -0.815. The summed E-state index contributed by atoms with van der Waals surface area (Å²) in [6.45, 7) is 6.27. The number of rotatable bonds is 42. The topological polar surface area (TPSA) is 95.9 Å². The Morgan fingerprint density at radius 2 is 0.967 bits per heavy atom. The monoisotopic (exact) mass is 834 g/mol. The molecule has 0 fully saturated rings. The lowest BCUT2D eigenvalue weighted by Gasteiger charge is -2.24. The van der Waals surface area contributed by atoms with Crippen LogP contribution in [0.15, 0.2) is 97.2 Å². The van der Waals surface area contributed by atoms with E-state index in [-0.39, 0.29) is 31.3 Å². The highest BCUT2D eigenvalue weighted by Gasteiger charge is 2.24. The molecule has 6 heteroatoms. The lowest BCUT2D eigenvalue weighted by molar-refractivity contribution is -0.151. The molecule has 0 bridgehead atoms. The number of amides is 1. The van der Waals surface area contributed by atoms with E-state index in [1.165, 1.54) is 89.9 Å². The van der Waals surface area contributed by atoms with E-state index in [0.717, 1.165) is 64.2 Å². The van der Waals surface area contributed by atoms with E-state index in [4.69, 9.17) is 4.74 Å². The Bertz CT molecular complexity index is 1210. The van der Waals surface area contributed by atoms with Crippen LogP contribution in [-0.4, -0.2) is 46.9 Å². The van der Waals surface area contributed by atoms with Crippen molar-refractivity contribution >= 4 is 11.9 Å². The molecule has 0 saturated heterocycles. The Morgan fingerprint density at radius 1 is 0.517 bits per heavy atom. The average molecular weight is 834 g/mol. The molecule has 0 aromatic rings. The molecule has 0 rings (SSSR count). The van der Waals surface area contributed by atoms with Gasteiger partial charge in [-0.25, -0.2) is 0 Å². The molecule has 3 N–H and O–H groups in total. The number of esters is 1. The Labute approximate surface area is 369 Å². The maximum atomic E-state index is 13.2. The van der Waals surface area contributed by atoms with E-state index >= 15 is 0 Å². The van der Waals surface area contributed by atoms with E-state index in [9.17, 15) is 19.8 Å². The average Bonchev–Trinajstić information content (AvgIpc) is 3.24. The summed E-state index contributed by atoms with van der Waals surface area (Å²) in [6, 6.07) is -0.733. The lowest BCUT2D eigenvalue weighted by Crippen LogP contribution is -2.46. The van der Waals surface area contributed by atoms with Crippen molar-refractivity contribution in [3.63, 3.8) is 0 Å². The van der Waals surface area contributed by atoms with Crippen LogP contribution in [0, 0.1) is 0 Å². The predicted octanol–water partition coefficient (Wildman–Crippen LogP) is 14.6. The number of carbonyl (C=O) groups is 2. The maximum absolute atomic E-state index is 13.2. The molecule has 0 spiro atoms. The van der Waals surface area contributed by atoms with Gasteiger partial charge in [-0.15, -0.1) is 0 Å². The van der Waals surface area contributed by atoms with Crippen LogP contribution in [0.1, 0.15) is 207 Å². The Balaban J connectivity index is 4.79. The third-order valence-electron chi connectivity index (χ3n) is 10.5. The maximum Gasteiger partial charge on any atom is 0.306 e. The summed E-state index contributed by atoms with van der Waals surface area (Å²) in [5.74, 6) is -0.609. The number of aliphatic hydroxyl groups is 2. The first kappa shape index (κ1) is 56.8. The van der Waals surface area contributed by atoms with Crippen molar-refractivity contribution in [2.45, 2.75) is 225 Å². The van der Waals surface area contributed by atoms with Gasteiger partial charge in [0.05, 0.1) is 25.2 Å². The third-order valence-corrected chi connectivity index (χ3v) is 10.5. The molecule has 60 heavy (non-hydrogen) atoms. The number of nitrogens with one attached hydrogen (secondary N) is 1. The van der Waals surface area contributed by atoms with Gasteiger partial charge in [0.2, 0.25) is 5.91 Å². The zero-order valence-corrected chi connectivity index (χ0v) is 38.8. The number of ether oxygens (including phenoxy) is 1. The van der Waals surface area contributed by atoms with E-state index in [1.54, 1.807) is 0 Å². The Morgan fingerprint density at radius 3 is 1.52 bits per heavy atom. The van der Waals surface area contributed by atoms with E-state index < -0.39 is 18.2 Å². The van der Waals surface area contributed by atoms with Crippen LogP contribution < -0.4 is 5.32 Å². The number of carbonyl (C=O) groups excluding carboxylic acids is 2. The van der Waals surface area contributed by atoms with Crippen molar-refractivity contribution in [1.29, 1.82) is 0 Å². The van der Waals surface area contributed by atoms with Crippen molar-refractivity contribution in [3.05, 3.63) is 97.2 Å². The number of unbranched alkanes of at least 4 members (excludes halogenated alkanes) is 18. The number of hydrogen-bond acceptors (Lipinski definition) is 5. The van der Waals surface area contributed by atoms with Crippen molar-refractivity contribution in [3.8, 4) is 0 Å². The fraction of sp³-hybridized carbons (Fsp3) is 0.667. The molecule has 0 aliphatic carbocycles. The second-order valence-corrected chi connectivity index (χ2v) is 16.2. The zero-order chi connectivity index (χ0) is 43.8. The summed E-state index contributed by atoms with van der Waals surface area (Å²) in [5, 5.41) is 23.7. The van der Waals surface area contributed by atoms with Crippen LogP contribution in [0.4, 0.5) is 0 Å². The summed E-state index contributed by atoms with van der Waals surface area (Å²) in [6.07, 6.45) is 61.8. The van der Waals surface area contributed by atoms with Gasteiger partial charge in [0.1, 0.15) is 6.10 Å². The number of allylic oxidation sites excluding steroid dienone is 16. The number of aliphatic hydroxyl groups excluding tert-OH is 2. The van der Waals surface area contributed by atoms with Gasteiger partial charge in [-0.2, -0.15) is 0 Å². The van der Waals surface area contributed by atoms with Gasteiger partial charge in [-0.3, -0.25) is 9.59 Å². The van der Waals surface area contributed by atoms with E-state index in [2.05, 4.69) is 68.6 Å². The van der Waals surface area contributed by atoms with Crippen LogP contribution in [0.2, 0.25) is 0 Å². The van der Waals surface area contributed by atoms with Crippen LogP contribution in [0.5, 0.6) is 0 Å². The fourth-order valence-electron chi connectivity index (χ4n) is 6.82. The second kappa shape index (κ2) is 46.8. The second-order valence-electron chi connectivity index (χ2n) is 16.2. The summed E-state index contributed by atoms with van der Waals surface area (Å²) in [4.78, 5) is 26.0. The van der Waals surface area contributed by atoms with Gasteiger partial charge < -0.3 is 20.3 Å². The molecule has 0 aliphatic heterocycles. The minimum absolute atomic E-state index is 0.0175. The molecule has 0 aliphatic rings. The highest BCUT2D eigenvalue weighted by Crippen LogP contribution is 2.16. The summed E-state index contributed by atoms with van der Waals surface area (Å²) < 4.78 is 5.86.